The van der Waals surface area contributed by atoms with Crippen molar-refractivity contribution in [1.29, 1.82) is 0 Å². The van der Waals surface area contributed by atoms with Crippen LogP contribution in [0.15, 0.2) is 36.5 Å². The van der Waals surface area contributed by atoms with Crippen molar-refractivity contribution in [2.75, 3.05) is 31.1 Å². The molecular formula is C21H29N3O3. The van der Waals surface area contributed by atoms with Gasteiger partial charge in [-0.2, -0.15) is 0 Å². The molecule has 2 aliphatic rings. The predicted molar refractivity (Wildman–Crippen MR) is 106 cm³/mol. The van der Waals surface area contributed by atoms with Crippen LogP contribution in [-0.2, 0) is 9.53 Å². The van der Waals surface area contributed by atoms with Crippen LogP contribution in [0, 0.1) is 0 Å². The van der Waals surface area contributed by atoms with Gasteiger partial charge in [-0.1, -0.05) is 18.7 Å². The van der Waals surface area contributed by atoms with Crippen LogP contribution in [0.25, 0.3) is 0 Å². The van der Waals surface area contributed by atoms with E-state index in [4.69, 9.17) is 4.74 Å². The molecule has 2 heterocycles. The summed E-state index contributed by atoms with van der Waals surface area (Å²) < 4.78 is 5.44. The summed E-state index contributed by atoms with van der Waals surface area (Å²) in [6.45, 7) is 12.3. The minimum atomic E-state index is -0.470. The van der Waals surface area contributed by atoms with Crippen LogP contribution in [0.2, 0.25) is 0 Å². The highest BCUT2D eigenvalue weighted by Gasteiger charge is 2.27. The van der Waals surface area contributed by atoms with Crippen LogP contribution in [-0.4, -0.2) is 48.7 Å². The zero-order valence-electron chi connectivity index (χ0n) is 16.5. The lowest BCUT2D eigenvalue weighted by atomic mass is 9.90. The summed E-state index contributed by atoms with van der Waals surface area (Å²) in [7, 11) is 0. The quantitative estimate of drug-likeness (QED) is 0.867. The summed E-state index contributed by atoms with van der Waals surface area (Å²) in [5, 5.41) is 2.84. The third-order valence-electron chi connectivity index (χ3n) is 4.94. The van der Waals surface area contributed by atoms with Crippen molar-refractivity contribution in [3.8, 4) is 0 Å². The molecule has 1 aromatic carbocycles. The van der Waals surface area contributed by atoms with Gasteiger partial charge in [-0.25, -0.2) is 4.79 Å². The van der Waals surface area contributed by atoms with Gasteiger partial charge < -0.3 is 19.9 Å². The first kappa shape index (κ1) is 19.3. The highest BCUT2D eigenvalue weighted by Crippen LogP contribution is 2.29. The Morgan fingerprint density at radius 3 is 2.33 bits per heavy atom. The van der Waals surface area contributed by atoms with Crippen LogP contribution in [0.1, 0.15) is 45.1 Å². The molecule has 0 bridgehead atoms. The Bertz CT molecular complexity index is 713. The summed E-state index contributed by atoms with van der Waals surface area (Å²) in [4.78, 5) is 28.3. The van der Waals surface area contributed by atoms with Crippen molar-refractivity contribution in [3.05, 3.63) is 42.1 Å². The molecule has 0 saturated carbocycles. The van der Waals surface area contributed by atoms with Crippen molar-refractivity contribution in [1.82, 2.24) is 10.2 Å². The number of rotatable bonds is 2. The number of carbonyl (C=O) groups excluding carboxylic acids is 2. The van der Waals surface area contributed by atoms with Gasteiger partial charge in [0.25, 0.3) is 0 Å². The van der Waals surface area contributed by atoms with Crippen LogP contribution in [0.4, 0.5) is 10.5 Å². The molecule has 1 atom stereocenters. The maximum Gasteiger partial charge on any atom is 0.410 e. The predicted octanol–water partition coefficient (Wildman–Crippen LogP) is 3.25. The molecule has 1 unspecified atom stereocenters. The van der Waals surface area contributed by atoms with Gasteiger partial charge in [0.2, 0.25) is 5.91 Å². The summed E-state index contributed by atoms with van der Waals surface area (Å²) in [5.74, 6) is -0.0708. The molecule has 0 radical (unpaired) electrons. The van der Waals surface area contributed by atoms with Crippen molar-refractivity contribution in [2.45, 2.75) is 45.1 Å². The minimum absolute atomic E-state index is 0.0324. The second-order valence-electron chi connectivity index (χ2n) is 8.23. The van der Waals surface area contributed by atoms with Crippen LogP contribution >= 0.6 is 0 Å². The molecule has 3 rings (SSSR count). The van der Waals surface area contributed by atoms with Crippen molar-refractivity contribution in [3.63, 3.8) is 0 Å². The van der Waals surface area contributed by atoms with Gasteiger partial charge in [-0.05, 0) is 51.3 Å². The fourth-order valence-electron chi connectivity index (χ4n) is 3.48. The first-order valence-corrected chi connectivity index (χ1v) is 9.54. The maximum atomic E-state index is 12.2. The Hall–Kier alpha value is -2.50. The summed E-state index contributed by atoms with van der Waals surface area (Å²) in [5.41, 5.74) is 2.48. The highest BCUT2D eigenvalue weighted by atomic mass is 16.6. The van der Waals surface area contributed by atoms with Crippen LogP contribution in [0.5, 0.6) is 0 Å². The van der Waals surface area contributed by atoms with Crippen molar-refractivity contribution in [2.24, 2.45) is 0 Å². The third kappa shape index (κ3) is 4.81. The molecule has 0 spiro atoms. The summed E-state index contributed by atoms with van der Waals surface area (Å²) in [6, 6.07) is 8.20. The van der Waals surface area contributed by atoms with E-state index >= 15 is 0 Å². The SMILES string of the molecule is C=C1CCC(c2ccc(N3CCN(C(=O)OC(C)(C)C)CC3)cc2)C(=O)N1. The molecular weight excluding hydrogens is 342 g/mol. The van der Waals surface area contributed by atoms with E-state index in [1.54, 1.807) is 4.90 Å². The number of piperidine rings is 1. The number of piperazine rings is 1. The van der Waals surface area contributed by atoms with E-state index in [1.807, 2.05) is 32.9 Å². The first-order valence-electron chi connectivity index (χ1n) is 9.54. The third-order valence-corrected chi connectivity index (χ3v) is 4.94. The Labute approximate surface area is 161 Å². The van der Waals surface area contributed by atoms with Crippen LogP contribution in [0.3, 0.4) is 0 Å². The molecule has 27 heavy (non-hydrogen) atoms. The number of allylic oxidation sites excluding steroid dienone is 1. The number of benzene rings is 1. The fourth-order valence-corrected chi connectivity index (χ4v) is 3.48. The van der Waals surface area contributed by atoms with E-state index < -0.39 is 5.60 Å². The van der Waals surface area contributed by atoms with E-state index in [1.165, 1.54) is 0 Å². The average Bonchev–Trinajstić information content (AvgIpc) is 2.61. The lowest BCUT2D eigenvalue weighted by Gasteiger charge is -2.37. The number of anilines is 1. The summed E-state index contributed by atoms with van der Waals surface area (Å²) in [6.07, 6.45) is 1.38. The molecule has 1 N–H and O–H groups in total. The average molecular weight is 371 g/mol. The number of ether oxygens (including phenoxy) is 1. The van der Waals surface area contributed by atoms with E-state index in [0.717, 1.165) is 42.9 Å². The zero-order valence-corrected chi connectivity index (χ0v) is 16.5. The van der Waals surface area contributed by atoms with Gasteiger partial charge in [-0.3, -0.25) is 4.79 Å². The van der Waals surface area contributed by atoms with E-state index in [2.05, 4.69) is 28.9 Å². The number of nitrogens with one attached hydrogen (secondary N) is 1. The Morgan fingerprint density at radius 1 is 1.15 bits per heavy atom. The lowest BCUT2D eigenvalue weighted by molar-refractivity contribution is -0.122. The molecule has 2 amide bonds. The van der Waals surface area contributed by atoms with Crippen molar-refractivity contribution < 1.29 is 14.3 Å². The molecule has 0 aromatic heterocycles. The molecule has 146 valence electrons. The largest absolute Gasteiger partial charge is 0.444 e. The number of amides is 2. The molecule has 2 fully saturated rings. The smallest absolute Gasteiger partial charge is 0.410 e. The maximum absolute atomic E-state index is 12.2. The second kappa shape index (κ2) is 7.62. The Balaban J connectivity index is 1.57. The zero-order chi connectivity index (χ0) is 19.6. The molecule has 2 aliphatic heterocycles. The summed E-state index contributed by atoms with van der Waals surface area (Å²) >= 11 is 0. The van der Waals surface area contributed by atoms with Gasteiger partial charge in [0.05, 0.1) is 5.92 Å². The van der Waals surface area contributed by atoms with Gasteiger partial charge in [0.1, 0.15) is 5.60 Å². The molecule has 0 aliphatic carbocycles. The monoisotopic (exact) mass is 371 g/mol. The van der Waals surface area contributed by atoms with E-state index in [0.29, 0.717) is 13.1 Å². The van der Waals surface area contributed by atoms with Crippen LogP contribution < -0.4 is 10.2 Å². The van der Waals surface area contributed by atoms with Crippen molar-refractivity contribution >= 4 is 17.7 Å². The van der Waals surface area contributed by atoms with Gasteiger partial charge in [-0.15, -0.1) is 0 Å². The second-order valence-corrected chi connectivity index (χ2v) is 8.23. The van der Waals surface area contributed by atoms with Gasteiger partial charge >= 0.3 is 6.09 Å². The topological polar surface area (TPSA) is 61.9 Å². The van der Waals surface area contributed by atoms with E-state index in [-0.39, 0.29) is 17.9 Å². The van der Waals surface area contributed by atoms with Gasteiger partial charge in [0, 0.05) is 37.6 Å². The first-order chi connectivity index (χ1) is 12.7. The van der Waals surface area contributed by atoms with Gasteiger partial charge in [0.15, 0.2) is 0 Å². The number of hydrogen-bond acceptors (Lipinski definition) is 4. The van der Waals surface area contributed by atoms with E-state index in [9.17, 15) is 9.59 Å². The Morgan fingerprint density at radius 2 is 1.78 bits per heavy atom. The fraction of sp³-hybridized carbons (Fsp3) is 0.524. The highest BCUT2D eigenvalue weighted by molar-refractivity contribution is 5.86. The number of carbonyl (C=O) groups is 2. The molecule has 6 nitrogen and oxygen atoms in total. The normalized spacial score (nSPS) is 21.1. The number of nitrogens with zero attached hydrogens (tertiary/aromatic N) is 2. The molecule has 1 aromatic rings. The molecule has 6 heteroatoms. The Kier molecular flexibility index (Phi) is 5.44. The standard InChI is InChI=1S/C21H29N3O3/c1-15-5-10-18(19(25)22-15)16-6-8-17(9-7-16)23-11-13-24(14-12-23)20(26)27-21(2,3)4/h6-9,18H,1,5,10-14H2,2-4H3,(H,22,25). The molecule has 2 saturated heterocycles. The number of hydrogen-bond donors (Lipinski definition) is 1. The lowest BCUT2D eigenvalue weighted by Crippen LogP contribution is -2.50. The minimum Gasteiger partial charge on any atom is -0.444 e.